The van der Waals surface area contributed by atoms with Crippen LogP contribution in [0.1, 0.15) is 23.5 Å². The normalized spacial score (nSPS) is 13.4. The zero-order valence-electron chi connectivity index (χ0n) is 11.0. The number of amides is 1. The Morgan fingerprint density at radius 2 is 2.10 bits per heavy atom. The molecule has 0 saturated heterocycles. The fraction of sp³-hybridized carbons (Fsp3) is 0.545. The van der Waals surface area contributed by atoms with Crippen molar-refractivity contribution in [2.75, 3.05) is 13.1 Å². The van der Waals surface area contributed by atoms with E-state index in [4.69, 9.17) is 0 Å². The van der Waals surface area contributed by atoms with Crippen molar-refractivity contribution in [3.8, 4) is 0 Å². The predicted molar refractivity (Wildman–Crippen MR) is 73.0 cm³/mol. The molecule has 0 spiro atoms. The molecule has 20 heavy (non-hydrogen) atoms. The van der Waals surface area contributed by atoms with Crippen LogP contribution < -0.4 is 10.6 Å². The fourth-order valence-electron chi connectivity index (χ4n) is 1.53. The van der Waals surface area contributed by atoms with Crippen LogP contribution in [0.4, 0.5) is 8.78 Å². The SMILES string of the molecule is CCN[C@H](C)CNC(=O)c1sccc1S(=O)(=O)C(F)F. The first-order chi connectivity index (χ1) is 9.30. The summed E-state index contributed by atoms with van der Waals surface area (Å²) in [6.07, 6.45) is 0. The van der Waals surface area contributed by atoms with Crippen molar-refractivity contribution in [1.82, 2.24) is 10.6 Å². The third-order valence-corrected chi connectivity index (χ3v) is 4.96. The van der Waals surface area contributed by atoms with E-state index >= 15 is 0 Å². The molecule has 0 aliphatic carbocycles. The van der Waals surface area contributed by atoms with Gasteiger partial charge in [0.2, 0.25) is 9.84 Å². The van der Waals surface area contributed by atoms with Gasteiger partial charge in [-0.15, -0.1) is 11.3 Å². The molecule has 0 aliphatic rings. The van der Waals surface area contributed by atoms with Crippen molar-refractivity contribution in [3.05, 3.63) is 16.3 Å². The summed E-state index contributed by atoms with van der Waals surface area (Å²) in [4.78, 5) is 11.0. The Morgan fingerprint density at radius 1 is 1.45 bits per heavy atom. The number of carbonyl (C=O) groups excluding carboxylic acids is 1. The highest BCUT2D eigenvalue weighted by molar-refractivity contribution is 7.92. The van der Waals surface area contributed by atoms with Gasteiger partial charge in [-0.25, -0.2) is 8.42 Å². The Kier molecular flexibility index (Phi) is 6.03. The number of rotatable bonds is 7. The fourth-order valence-corrected chi connectivity index (χ4v) is 3.61. The number of hydrogen-bond donors (Lipinski definition) is 2. The molecule has 0 bridgehead atoms. The van der Waals surface area contributed by atoms with Gasteiger partial charge < -0.3 is 10.6 Å². The van der Waals surface area contributed by atoms with Crippen molar-refractivity contribution in [2.24, 2.45) is 0 Å². The molecule has 0 fully saturated rings. The number of halogens is 2. The average molecular weight is 326 g/mol. The van der Waals surface area contributed by atoms with E-state index in [1.54, 1.807) is 0 Å². The zero-order chi connectivity index (χ0) is 15.3. The van der Waals surface area contributed by atoms with Crippen LogP contribution in [0.5, 0.6) is 0 Å². The minimum Gasteiger partial charge on any atom is -0.350 e. The monoisotopic (exact) mass is 326 g/mol. The van der Waals surface area contributed by atoms with Crippen LogP contribution in [0.2, 0.25) is 0 Å². The van der Waals surface area contributed by atoms with E-state index in [1.165, 1.54) is 5.38 Å². The van der Waals surface area contributed by atoms with Crippen molar-refractivity contribution in [1.29, 1.82) is 0 Å². The van der Waals surface area contributed by atoms with E-state index in [0.29, 0.717) is 0 Å². The van der Waals surface area contributed by atoms with E-state index in [1.807, 2.05) is 13.8 Å². The Bertz CT molecular complexity index is 558. The number of hydrogen-bond acceptors (Lipinski definition) is 5. The number of likely N-dealkylation sites (N-methyl/N-ethyl adjacent to an activating group) is 1. The number of carbonyl (C=O) groups is 1. The molecule has 9 heteroatoms. The van der Waals surface area contributed by atoms with Crippen molar-refractivity contribution in [3.63, 3.8) is 0 Å². The van der Waals surface area contributed by atoms with Gasteiger partial charge in [-0.3, -0.25) is 4.79 Å². The maximum Gasteiger partial charge on any atom is 0.341 e. The van der Waals surface area contributed by atoms with Gasteiger partial charge in [0.15, 0.2) is 0 Å². The van der Waals surface area contributed by atoms with Crippen LogP contribution in [0.15, 0.2) is 16.3 Å². The number of sulfone groups is 1. The van der Waals surface area contributed by atoms with Gasteiger partial charge in [-0.1, -0.05) is 6.92 Å². The molecular weight excluding hydrogens is 310 g/mol. The highest BCUT2D eigenvalue weighted by atomic mass is 32.2. The average Bonchev–Trinajstić information content (AvgIpc) is 2.86. The van der Waals surface area contributed by atoms with Crippen LogP contribution >= 0.6 is 11.3 Å². The molecule has 0 radical (unpaired) electrons. The quantitative estimate of drug-likeness (QED) is 0.796. The molecule has 2 N–H and O–H groups in total. The summed E-state index contributed by atoms with van der Waals surface area (Å²) in [5.74, 6) is -4.20. The predicted octanol–water partition coefficient (Wildman–Crippen LogP) is 1.47. The topological polar surface area (TPSA) is 75.3 Å². The maximum absolute atomic E-state index is 12.5. The molecule has 1 atom stereocenters. The molecule has 0 aromatic carbocycles. The van der Waals surface area contributed by atoms with Gasteiger partial charge in [0.25, 0.3) is 5.91 Å². The summed E-state index contributed by atoms with van der Waals surface area (Å²) in [6, 6.07) is 1.02. The largest absolute Gasteiger partial charge is 0.350 e. The molecule has 114 valence electrons. The van der Waals surface area contributed by atoms with Crippen molar-refractivity contribution >= 4 is 27.1 Å². The smallest absolute Gasteiger partial charge is 0.341 e. The molecule has 1 heterocycles. The number of nitrogens with one attached hydrogen (secondary N) is 2. The Hall–Kier alpha value is -1.06. The lowest BCUT2D eigenvalue weighted by molar-refractivity contribution is 0.0951. The Balaban J connectivity index is 2.84. The molecule has 5 nitrogen and oxygen atoms in total. The first-order valence-electron chi connectivity index (χ1n) is 5.91. The second-order valence-corrected chi connectivity index (χ2v) is 6.89. The van der Waals surface area contributed by atoms with Crippen LogP contribution in [0, 0.1) is 0 Å². The first kappa shape index (κ1) is 17.0. The van der Waals surface area contributed by atoms with E-state index in [0.717, 1.165) is 23.9 Å². The van der Waals surface area contributed by atoms with E-state index in [-0.39, 0.29) is 17.5 Å². The minimum atomic E-state index is -4.76. The lowest BCUT2D eigenvalue weighted by Gasteiger charge is -2.13. The maximum atomic E-state index is 12.5. The molecule has 1 rings (SSSR count). The van der Waals surface area contributed by atoms with Gasteiger partial charge in [-0.2, -0.15) is 8.78 Å². The summed E-state index contributed by atoms with van der Waals surface area (Å²) < 4.78 is 47.9. The third-order valence-electron chi connectivity index (χ3n) is 2.50. The van der Waals surface area contributed by atoms with Gasteiger partial charge in [0.1, 0.15) is 4.88 Å². The summed E-state index contributed by atoms with van der Waals surface area (Å²) in [5.41, 5.74) is 0. The zero-order valence-corrected chi connectivity index (χ0v) is 12.7. The molecule has 1 aromatic heterocycles. The second-order valence-electron chi connectivity index (χ2n) is 4.09. The van der Waals surface area contributed by atoms with Gasteiger partial charge >= 0.3 is 5.76 Å². The number of thiophene rings is 1. The molecule has 1 amide bonds. The summed E-state index contributed by atoms with van der Waals surface area (Å²) in [7, 11) is -4.76. The van der Waals surface area contributed by atoms with Crippen LogP contribution in [-0.4, -0.2) is 39.2 Å². The lowest BCUT2D eigenvalue weighted by atomic mass is 10.3. The first-order valence-corrected chi connectivity index (χ1v) is 8.34. The van der Waals surface area contributed by atoms with Gasteiger partial charge in [0.05, 0.1) is 4.90 Å². The van der Waals surface area contributed by atoms with E-state index in [9.17, 15) is 22.0 Å². The van der Waals surface area contributed by atoms with Gasteiger partial charge in [0, 0.05) is 12.6 Å². The summed E-state index contributed by atoms with van der Waals surface area (Å²) in [6.45, 7) is 4.75. The highest BCUT2D eigenvalue weighted by Crippen LogP contribution is 2.26. The van der Waals surface area contributed by atoms with Crippen LogP contribution in [0.25, 0.3) is 0 Å². The van der Waals surface area contributed by atoms with Crippen LogP contribution in [-0.2, 0) is 9.84 Å². The van der Waals surface area contributed by atoms with Crippen LogP contribution in [0.3, 0.4) is 0 Å². The highest BCUT2D eigenvalue weighted by Gasteiger charge is 2.32. The van der Waals surface area contributed by atoms with E-state index < -0.39 is 26.4 Å². The molecule has 0 saturated carbocycles. The molecular formula is C11H16F2N2O3S2. The molecule has 1 aromatic rings. The summed E-state index contributed by atoms with van der Waals surface area (Å²) >= 11 is 0.822. The number of alkyl halides is 2. The standard InChI is InChI=1S/C11H16F2N2O3S2/c1-3-14-7(2)6-15-10(16)9-8(4-5-19-9)20(17,18)11(12)13/h4-5,7,11,14H,3,6H2,1-2H3,(H,15,16)/t7-/m1/s1. The third kappa shape index (κ3) is 3.97. The van der Waals surface area contributed by atoms with Gasteiger partial charge in [-0.05, 0) is 24.9 Å². The molecule has 0 aliphatic heterocycles. The van der Waals surface area contributed by atoms with Crippen molar-refractivity contribution < 1.29 is 22.0 Å². The van der Waals surface area contributed by atoms with Crippen molar-refractivity contribution in [2.45, 2.75) is 30.5 Å². The second kappa shape index (κ2) is 7.09. The molecule has 0 unspecified atom stereocenters. The minimum absolute atomic E-state index is 0.000863. The Morgan fingerprint density at radius 3 is 2.65 bits per heavy atom. The van der Waals surface area contributed by atoms with E-state index in [2.05, 4.69) is 10.6 Å². The Labute approximate surface area is 120 Å². The lowest BCUT2D eigenvalue weighted by Crippen LogP contribution is -2.38. The summed E-state index contributed by atoms with van der Waals surface area (Å²) in [5, 5.41) is 6.88.